The molecule has 2 heterocycles. The predicted molar refractivity (Wildman–Crippen MR) is 108 cm³/mol. The maximum absolute atomic E-state index is 12.8. The van der Waals surface area contributed by atoms with Gasteiger partial charge in [0.1, 0.15) is 6.54 Å². The van der Waals surface area contributed by atoms with Crippen molar-refractivity contribution in [2.75, 3.05) is 0 Å². The van der Waals surface area contributed by atoms with Crippen molar-refractivity contribution in [2.45, 2.75) is 40.8 Å². The third kappa shape index (κ3) is 3.99. The Labute approximate surface area is 168 Å². The number of carbonyl (C=O) groups is 1. The smallest absolute Gasteiger partial charge is 0.258 e. The van der Waals surface area contributed by atoms with Gasteiger partial charge in [-0.1, -0.05) is 29.8 Å². The number of hydrogen-bond donors (Lipinski definition) is 1. The van der Waals surface area contributed by atoms with Crippen LogP contribution in [0, 0.1) is 27.7 Å². The number of rotatable bonds is 5. The van der Waals surface area contributed by atoms with E-state index in [-0.39, 0.29) is 24.6 Å². The van der Waals surface area contributed by atoms with Crippen molar-refractivity contribution < 1.29 is 4.79 Å². The van der Waals surface area contributed by atoms with Gasteiger partial charge in [-0.2, -0.15) is 5.10 Å². The Bertz CT molecular complexity index is 1100. The molecule has 1 aromatic carbocycles. The number of benzene rings is 1. The summed E-state index contributed by atoms with van der Waals surface area (Å²) >= 11 is 6.13. The summed E-state index contributed by atoms with van der Waals surface area (Å²) in [6.07, 6.45) is 0. The largest absolute Gasteiger partial charge is 0.350 e. The lowest BCUT2D eigenvalue weighted by Gasteiger charge is -2.15. The Balaban J connectivity index is 1.91. The molecule has 2 aromatic heterocycles. The summed E-state index contributed by atoms with van der Waals surface area (Å²) in [6, 6.07) is 9.18. The number of aromatic nitrogens is 4. The fraction of sp³-hybridized carbons (Fsp3) is 0.300. The highest BCUT2D eigenvalue weighted by molar-refractivity contribution is 6.31. The summed E-state index contributed by atoms with van der Waals surface area (Å²) in [6.45, 7) is 7.33. The van der Waals surface area contributed by atoms with E-state index in [9.17, 15) is 9.59 Å². The van der Waals surface area contributed by atoms with Crippen LogP contribution in [0.15, 0.2) is 35.1 Å². The van der Waals surface area contributed by atoms with Crippen LogP contribution in [0.4, 0.5) is 0 Å². The number of carbonyl (C=O) groups excluding carboxylic acids is 1. The Morgan fingerprint density at radius 3 is 2.54 bits per heavy atom. The van der Waals surface area contributed by atoms with E-state index in [0.29, 0.717) is 22.2 Å². The predicted octanol–water partition coefficient (Wildman–Crippen LogP) is 2.63. The van der Waals surface area contributed by atoms with Crippen molar-refractivity contribution >= 4 is 17.5 Å². The van der Waals surface area contributed by atoms with Crippen molar-refractivity contribution in [3.8, 4) is 5.95 Å². The molecule has 0 radical (unpaired) electrons. The second-order valence-electron chi connectivity index (χ2n) is 6.72. The second kappa shape index (κ2) is 7.98. The van der Waals surface area contributed by atoms with Gasteiger partial charge in [0.15, 0.2) is 0 Å². The maximum Gasteiger partial charge on any atom is 0.258 e. The van der Waals surface area contributed by atoms with Crippen molar-refractivity contribution in [1.29, 1.82) is 0 Å². The van der Waals surface area contributed by atoms with Gasteiger partial charge in [0.2, 0.25) is 11.9 Å². The van der Waals surface area contributed by atoms with Gasteiger partial charge in [0.25, 0.3) is 5.56 Å². The van der Waals surface area contributed by atoms with Gasteiger partial charge in [0.05, 0.1) is 5.69 Å². The SMILES string of the molecule is Cc1cc(C)n(-c2nc(C)c(C)c(=O)n2CC(=O)NCc2ccccc2Cl)n1. The Hall–Kier alpha value is -2.93. The van der Waals surface area contributed by atoms with E-state index in [2.05, 4.69) is 15.4 Å². The van der Waals surface area contributed by atoms with Crippen LogP contribution in [0.5, 0.6) is 0 Å². The summed E-state index contributed by atoms with van der Waals surface area (Å²) in [5.41, 5.74) is 3.30. The zero-order valence-corrected chi connectivity index (χ0v) is 17.0. The van der Waals surface area contributed by atoms with Gasteiger partial charge in [-0.05, 0) is 45.4 Å². The van der Waals surface area contributed by atoms with Crippen LogP contribution in [-0.4, -0.2) is 25.2 Å². The molecule has 0 unspecified atom stereocenters. The first kappa shape index (κ1) is 19.8. The molecule has 8 heteroatoms. The van der Waals surface area contributed by atoms with Gasteiger partial charge >= 0.3 is 0 Å². The average Bonchev–Trinajstić information content (AvgIpc) is 2.99. The molecule has 0 saturated heterocycles. The van der Waals surface area contributed by atoms with E-state index in [4.69, 9.17) is 11.6 Å². The first-order valence-electron chi connectivity index (χ1n) is 8.89. The van der Waals surface area contributed by atoms with E-state index in [1.807, 2.05) is 38.1 Å². The number of amides is 1. The van der Waals surface area contributed by atoms with Gasteiger partial charge in [-0.3, -0.25) is 14.2 Å². The summed E-state index contributed by atoms with van der Waals surface area (Å²) in [5, 5.41) is 7.80. The molecule has 0 saturated carbocycles. The Kier molecular flexibility index (Phi) is 5.65. The van der Waals surface area contributed by atoms with Crippen LogP contribution in [0.2, 0.25) is 5.02 Å². The molecule has 0 bridgehead atoms. The van der Waals surface area contributed by atoms with Gasteiger partial charge in [-0.15, -0.1) is 0 Å². The molecule has 3 rings (SSSR count). The van der Waals surface area contributed by atoms with Crippen molar-refractivity contribution in [3.63, 3.8) is 0 Å². The molecule has 0 aliphatic rings. The van der Waals surface area contributed by atoms with E-state index in [1.165, 1.54) is 4.57 Å². The molecular formula is C20H22ClN5O2. The minimum Gasteiger partial charge on any atom is -0.350 e. The molecule has 3 aromatic rings. The Morgan fingerprint density at radius 2 is 1.89 bits per heavy atom. The fourth-order valence-electron chi connectivity index (χ4n) is 2.91. The molecular weight excluding hydrogens is 378 g/mol. The first-order chi connectivity index (χ1) is 13.3. The topological polar surface area (TPSA) is 81.8 Å². The number of nitrogens with zero attached hydrogens (tertiary/aromatic N) is 4. The van der Waals surface area contributed by atoms with E-state index >= 15 is 0 Å². The maximum atomic E-state index is 12.8. The van der Waals surface area contributed by atoms with Crippen LogP contribution in [0.3, 0.4) is 0 Å². The van der Waals surface area contributed by atoms with Crippen molar-refractivity contribution in [1.82, 2.24) is 24.6 Å². The van der Waals surface area contributed by atoms with Crippen molar-refractivity contribution in [3.05, 3.63) is 73.9 Å². The molecule has 0 spiro atoms. The van der Waals surface area contributed by atoms with Crippen molar-refractivity contribution in [2.24, 2.45) is 0 Å². The van der Waals surface area contributed by atoms with E-state index in [0.717, 1.165) is 17.0 Å². The molecule has 0 atom stereocenters. The highest BCUT2D eigenvalue weighted by atomic mass is 35.5. The molecule has 146 valence electrons. The lowest BCUT2D eigenvalue weighted by molar-refractivity contribution is -0.121. The minimum atomic E-state index is -0.310. The zero-order valence-electron chi connectivity index (χ0n) is 16.3. The molecule has 0 aliphatic heterocycles. The number of hydrogen-bond acceptors (Lipinski definition) is 4. The highest BCUT2D eigenvalue weighted by Gasteiger charge is 2.18. The zero-order chi connectivity index (χ0) is 20.4. The van der Waals surface area contributed by atoms with Gasteiger partial charge in [0, 0.05) is 28.5 Å². The summed E-state index contributed by atoms with van der Waals surface area (Å²) < 4.78 is 2.94. The molecule has 28 heavy (non-hydrogen) atoms. The van der Waals surface area contributed by atoms with Crippen LogP contribution in [0.1, 0.15) is 28.2 Å². The summed E-state index contributed by atoms with van der Waals surface area (Å²) in [7, 11) is 0. The van der Waals surface area contributed by atoms with E-state index in [1.54, 1.807) is 24.6 Å². The monoisotopic (exact) mass is 399 g/mol. The van der Waals surface area contributed by atoms with Gasteiger partial charge < -0.3 is 5.32 Å². The number of aryl methyl sites for hydroxylation is 3. The molecule has 1 amide bonds. The lowest BCUT2D eigenvalue weighted by Crippen LogP contribution is -2.36. The highest BCUT2D eigenvalue weighted by Crippen LogP contribution is 2.14. The third-order valence-corrected chi connectivity index (χ3v) is 4.92. The first-order valence-corrected chi connectivity index (χ1v) is 9.27. The minimum absolute atomic E-state index is 0.162. The molecule has 7 nitrogen and oxygen atoms in total. The second-order valence-corrected chi connectivity index (χ2v) is 7.13. The quantitative estimate of drug-likeness (QED) is 0.715. The fourth-order valence-corrected chi connectivity index (χ4v) is 3.12. The van der Waals surface area contributed by atoms with Crippen LogP contribution < -0.4 is 10.9 Å². The van der Waals surface area contributed by atoms with Crippen LogP contribution in [-0.2, 0) is 17.9 Å². The Morgan fingerprint density at radius 1 is 1.18 bits per heavy atom. The summed E-state index contributed by atoms with van der Waals surface area (Å²) in [5.74, 6) is 0.0152. The normalized spacial score (nSPS) is 10.9. The number of nitrogens with one attached hydrogen (secondary N) is 1. The third-order valence-electron chi connectivity index (χ3n) is 4.55. The molecule has 0 aliphatic carbocycles. The average molecular weight is 400 g/mol. The van der Waals surface area contributed by atoms with E-state index < -0.39 is 0 Å². The standard InChI is InChI=1S/C20H22ClN5O2/c1-12-9-13(2)26(24-12)20-23-15(4)14(3)19(28)25(20)11-18(27)22-10-16-7-5-6-8-17(16)21/h5-9H,10-11H2,1-4H3,(H,22,27). The lowest BCUT2D eigenvalue weighted by atomic mass is 10.2. The molecule has 0 fully saturated rings. The number of halogens is 1. The van der Waals surface area contributed by atoms with Gasteiger partial charge in [-0.25, -0.2) is 9.67 Å². The molecule has 1 N–H and O–H groups in total. The van der Waals surface area contributed by atoms with Crippen LogP contribution in [0.25, 0.3) is 5.95 Å². The summed E-state index contributed by atoms with van der Waals surface area (Å²) in [4.78, 5) is 29.9. The van der Waals surface area contributed by atoms with Crippen LogP contribution >= 0.6 is 11.6 Å².